The van der Waals surface area contributed by atoms with Gasteiger partial charge in [0.15, 0.2) is 11.7 Å². The molecule has 1 fully saturated rings. The Morgan fingerprint density at radius 1 is 1.08 bits per heavy atom. The van der Waals surface area contributed by atoms with Crippen molar-refractivity contribution in [2.24, 2.45) is 5.73 Å². The van der Waals surface area contributed by atoms with Gasteiger partial charge >= 0.3 is 133 Å². The smallest absolute Gasteiger partial charge is 1.00 e. The van der Waals surface area contributed by atoms with Gasteiger partial charge in [-0.1, -0.05) is 0 Å². The van der Waals surface area contributed by atoms with E-state index in [-0.39, 0.29) is 131 Å². The van der Waals surface area contributed by atoms with E-state index in [9.17, 15) is 9.13 Å². The molecule has 0 radical (unpaired) electrons. The summed E-state index contributed by atoms with van der Waals surface area (Å²) in [6.45, 7) is 0.495. The van der Waals surface area contributed by atoms with Crippen molar-refractivity contribution in [3.05, 3.63) is 0 Å². The minimum absolute atomic E-state index is 0. The van der Waals surface area contributed by atoms with E-state index < -0.39 is 39.3 Å². The maximum atomic E-state index is 11.1. The predicted octanol–water partition coefficient (Wildman–Crippen LogP) is -11.6. The average molecular weight is 429 g/mol. The van der Waals surface area contributed by atoms with Crippen LogP contribution in [0.1, 0.15) is 31.4 Å². The topological polar surface area (TPSA) is 160 Å². The molecule has 0 bridgehead atoms. The van der Waals surface area contributed by atoms with Crippen LogP contribution in [0, 0.1) is 0 Å². The maximum absolute atomic E-state index is 11.1. The minimum atomic E-state index is -4.94. The van der Waals surface area contributed by atoms with Crippen molar-refractivity contribution >= 4 is 15.2 Å². The van der Waals surface area contributed by atoms with Gasteiger partial charge in [-0.15, -0.1) is 0 Å². The van der Waals surface area contributed by atoms with E-state index in [1.165, 1.54) is 0 Å². The van der Waals surface area contributed by atoms with Gasteiger partial charge in [-0.05, 0) is 25.7 Å². The van der Waals surface area contributed by atoms with Gasteiger partial charge in [0.2, 0.25) is 0 Å². The zero-order valence-electron chi connectivity index (χ0n) is 18.9. The molecule has 1 aliphatic heterocycles. The summed E-state index contributed by atoms with van der Waals surface area (Å²) < 4.78 is 32.8. The monoisotopic (exact) mass is 429 g/mol. The molecule has 0 aromatic carbocycles. The van der Waals surface area contributed by atoms with Crippen LogP contribution in [-0.2, 0) is 18.6 Å². The molecule has 1 rings (SSSR count). The Kier molecular flexibility index (Phi) is 25.1. The van der Waals surface area contributed by atoms with E-state index >= 15 is 0 Å². The molecular weight excluding hydrogens is 404 g/mol. The van der Waals surface area contributed by atoms with E-state index in [1.807, 2.05) is 0 Å². The van der Waals surface area contributed by atoms with Crippen LogP contribution in [0.2, 0.25) is 0 Å². The van der Waals surface area contributed by atoms with Crippen molar-refractivity contribution in [2.45, 2.75) is 43.4 Å². The molecule has 2 unspecified atom stereocenters. The fourth-order valence-corrected chi connectivity index (χ4v) is 4.54. The Balaban J connectivity index is -0.0000000833. The fraction of sp³-hybridized carbons (Fsp3) is 1.00. The van der Waals surface area contributed by atoms with Gasteiger partial charge in [-0.25, -0.2) is 0 Å². The van der Waals surface area contributed by atoms with E-state index in [0.29, 0.717) is 13.0 Å². The molecule has 0 aliphatic carbocycles. The zero-order chi connectivity index (χ0) is 15.4. The number of hydrogen-bond donors (Lipinski definition) is 5. The molecule has 9 nitrogen and oxygen atoms in total. The second kappa shape index (κ2) is 16.9. The standard InChI is InChI=1S/C9H21NO8P2.4Na.4H/c10-7(6-18-8-3-1-2-4-17-8)5-9(19(11,12)13)20(14,15)16;;;;;;;;/h7-9H,1-6,10H2,(H2,11,12,13)(H2,14,15,16);;;;;;;;/q;4*+1;4*-1. The number of rotatable bonds is 7. The van der Waals surface area contributed by atoms with Crippen LogP contribution < -0.4 is 124 Å². The summed E-state index contributed by atoms with van der Waals surface area (Å²) in [5.41, 5.74) is 5.62. The normalized spacial score (nSPS) is 19.2. The zero-order valence-corrected chi connectivity index (χ0v) is 24.7. The Hall–Kier alpha value is 4.18. The first-order valence-corrected chi connectivity index (χ1v) is 9.56. The molecule has 0 amide bonds. The van der Waals surface area contributed by atoms with Gasteiger partial charge in [-0.2, -0.15) is 0 Å². The van der Waals surface area contributed by atoms with Crippen molar-refractivity contribution in [1.82, 2.24) is 0 Å². The van der Waals surface area contributed by atoms with E-state index in [1.54, 1.807) is 0 Å². The number of ether oxygens (including phenoxy) is 2. The van der Waals surface area contributed by atoms with E-state index in [0.717, 1.165) is 12.8 Å². The summed E-state index contributed by atoms with van der Waals surface area (Å²) in [7, 11) is -9.87. The first kappa shape index (κ1) is 35.6. The number of hydrogen-bond acceptors (Lipinski definition) is 5. The summed E-state index contributed by atoms with van der Waals surface area (Å²) in [6.07, 6.45) is 1.66. The summed E-state index contributed by atoms with van der Waals surface area (Å²) in [5.74, 6) is 0. The van der Waals surface area contributed by atoms with Crippen LogP contribution in [0.15, 0.2) is 0 Å². The molecular formula is C9H25NNa4O8P2. The Bertz CT molecular complexity index is 398. The largest absolute Gasteiger partial charge is 1.00 e. The molecule has 1 saturated heterocycles. The maximum Gasteiger partial charge on any atom is 1.00 e. The van der Waals surface area contributed by atoms with Crippen molar-refractivity contribution in [2.75, 3.05) is 13.2 Å². The van der Waals surface area contributed by atoms with Crippen molar-refractivity contribution in [3.8, 4) is 0 Å². The Morgan fingerprint density at radius 2 is 1.58 bits per heavy atom. The van der Waals surface area contributed by atoms with Crippen molar-refractivity contribution < 1.29 is 162 Å². The van der Waals surface area contributed by atoms with Gasteiger partial charge < -0.3 is 40.5 Å². The third-order valence-corrected chi connectivity index (χ3v) is 6.70. The molecule has 0 aromatic rings. The summed E-state index contributed by atoms with van der Waals surface area (Å²) in [4.78, 5) is 35.9. The second-order valence-electron chi connectivity index (χ2n) is 4.78. The van der Waals surface area contributed by atoms with Crippen LogP contribution in [-0.4, -0.2) is 50.5 Å². The quantitative estimate of drug-likeness (QED) is 0.196. The summed E-state index contributed by atoms with van der Waals surface area (Å²) in [5, 5.41) is -2.10. The van der Waals surface area contributed by atoms with Crippen LogP contribution in [0.4, 0.5) is 0 Å². The van der Waals surface area contributed by atoms with Gasteiger partial charge in [0.25, 0.3) is 0 Å². The Morgan fingerprint density at radius 3 is 1.96 bits per heavy atom. The van der Waals surface area contributed by atoms with Crippen LogP contribution in [0.3, 0.4) is 0 Å². The first-order chi connectivity index (χ1) is 9.10. The number of nitrogens with two attached hydrogens (primary N) is 1. The van der Waals surface area contributed by atoms with E-state index in [2.05, 4.69) is 0 Å². The van der Waals surface area contributed by atoms with E-state index in [4.69, 9.17) is 34.8 Å². The van der Waals surface area contributed by atoms with Gasteiger partial charge in [0.1, 0.15) is 0 Å². The predicted molar refractivity (Wildman–Crippen MR) is 74.5 cm³/mol. The molecule has 128 valence electrons. The Labute approximate surface area is 236 Å². The minimum Gasteiger partial charge on any atom is -1.00 e. The molecule has 15 heteroatoms. The molecule has 6 N–H and O–H groups in total. The molecule has 0 saturated carbocycles. The first-order valence-electron chi connectivity index (χ1n) is 6.20. The summed E-state index contributed by atoms with van der Waals surface area (Å²) in [6, 6.07) is -0.897. The van der Waals surface area contributed by atoms with Crippen LogP contribution in [0.5, 0.6) is 0 Å². The summed E-state index contributed by atoms with van der Waals surface area (Å²) >= 11 is 0. The van der Waals surface area contributed by atoms with Crippen molar-refractivity contribution in [1.29, 1.82) is 0 Å². The molecule has 1 aliphatic rings. The molecule has 0 aromatic heterocycles. The second-order valence-corrected chi connectivity index (χ2v) is 8.79. The van der Waals surface area contributed by atoms with Crippen LogP contribution >= 0.6 is 15.2 Å². The average Bonchev–Trinajstić information content (AvgIpc) is 2.32. The third-order valence-electron chi connectivity index (χ3n) is 2.92. The van der Waals surface area contributed by atoms with Gasteiger partial charge in [0.05, 0.1) is 6.61 Å². The van der Waals surface area contributed by atoms with Gasteiger partial charge in [-0.3, -0.25) is 9.13 Å². The molecule has 0 spiro atoms. The molecule has 2 atom stereocenters. The third kappa shape index (κ3) is 15.1. The SMILES string of the molecule is NC(COC1CCCCO1)CC(P(=O)(O)O)P(=O)(O)O.[H-].[H-].[H-].[H-].[Na+].[Na+].[Na+].[Na+]. The fourth-order valence-electron chi connectivity index (χ4n) is 1.88. The van der Waals surface area contributed by atoms with Gasteiger partial charge in [0, 0.05) is 12.6 Å². The van der Waals surface area contributed by atoms with Crippen molar-refractivity contribution in [3.63, 3.8) is 0 Å². The molecule has 24 heavy (non-hydrogen) atoms. The van der Waals surface area contributed by atoms with Crippen LogP contribution in [0.25, 0.3) is 0 Å². The molecule has 1 heterocycles.